The standard InChI is InChI=1S/C15H19N3OS/c1-11-5-6-12(7-13(11)9-16-2)8-14(20-10-19)15(17-3)18-4/h5-10H,1-4H3,(H,17,18)/b14-8-,16-9?. The van der Waals surface area contributed by atoms with E-state index in [4.69, 9.17) is 0 Å². The molecule has 0 fully saturated rings. The topological polar surface area (TPSA) is 53.8 Å². The van der Waals surface area contributed by atoms with Gasteiger partial charge in [-0.1, -0.05) is 23.9 Å². The summed E-state index contributed by atoms with van der Waals surface area (Å²) >= 11 is 1.11. The van der Waals surface area contributed by atoms with E-state index in [2.05, 4.69) is 15.3 Å². The lowest BCUT2D eigenvalue weighted by Gasteiger charge is -2.08. The zero-order valence-electron chi connectivity index (χ0n) is 12.2. The third-order valence-electron chi connectivity index (χ3n) is 2.74. The van der Waals surface area contributed by atoms with Gasteiger partial charge in [0.15, 0.2) is 5.62 Å². The third-order valence-corrected chi connectivity index (χ3v) is 3.40. The Hall–Kier alpha value is -1.88. The molecule has 0 aliphatic heterocycles. The van der Waals surface area contributed by atoms with Crippen LogP contribution in [0.4, 0.5) is 0 Å². The van der Waals surface area contributed by atoms with Gasteiger partial charge in [0.25, 0.3) is 0 Å². The molecule has 0 bridgehead atoms. The van der Waals surface area contributed by atoms with Gasteiger partial charge in [-0.2, -0.15) is 0 Å². The second-order valence-corrected chi connectivity index (χ2v) is 4.92. The molecule has 0 aromatic heterocycles. The minimum atomic E-state index is 0.688. The lowest BCUT2D eigenvalue weighted by molar-refractivity contribution is 0.570. The Balaban J connectivity index is 3.23. The van der Waals surface area contributed by atoms with Crippen molar-refractivity contribution in [3.8, 4) is 0 Å². The van der Waals surface area contributed by atoms with Crippen molar-refractivity contribution in [2.75, 3.05) is 21.1 Å². The van der Waals surface area contributed by atoms with Crippen molar-refractivity contribution >= 4 is 35.5 Å². The van der Waals surface area contributed by atoms with Crippen molar-refractivity contribution in [3.05, 3.63) is 39.8 Å². The maximum Gasteiger partial charge on any atom is 0.181 e. The fourth-order valence-electron chi connectivity index (χ4n) is 1.73. The predicted molar refractivity (Wildman–Crippen MR) is 89.4 cm³/mol. The van der Waals surface area contributed by atoms with Crippen molar-refractivity contribution in [1.29, 1.82) is 0 Å². The molecule has 0 atom stereocenters. The number of hydrogen-bond donors (Lipinski definition) is 1. The minimum absolute atomic E-state index is 0.688. The van der Waals surface area contributed by atoms with Crippen LogP contribution >= 0.6 is 11.8 Å². The van der Waals surface area contributed by atoms with Crippen LogP contribution in [0.2, 0.25) is 0 Å². The summed E-state index contributed by atoms with van der Waals surface area (Å²) in [4.78, 5) is 19.7. The number of nitrogens with one attached hydrogen (secondary N) is 1. The van der Waals surface area contributed by atoms with Gasteiger partial charge in [-0.25, -0.2) is 0 Å². The number of likely N-dealkylation sites (N-methyl/N-ethyl adjacent to an activating group) is 1. The first-order valence-electron chi connectivity index (χ1n) is 6.16. The highest BCUT2D eigenvalue weighted by Crippen LogP contribution is 2.19. The summed E-state index contributed by atoms with van der Waals surface area (Å²) in [6.45, 7) is 2.04. The number of rotatable bonds is 5. The summed E-state index contributed by atoms with van der Waals surface area (Å²) in [6.07, 6.45) is 3.76. The summed E-state index contributed by atoms with van der Waals surface area (Å²) in [7, 11) is 5.22. The van der Waals surface area contributed by atoms with Crippen molar-refractivity contribution in [2.45, 2.75) is 6.92 Å². The Bertz CT molecular complexity index is 562. The first kappa shape index (κ1) is 16.2. The van der Waals surface area contributed by atoms with E-state index < -0.39 is 0 Å². The van der Waals surface area contributed by atoms with Crippen molar-refractivity contribution < 1.29 is 4.79 Å². The van der Waals surface area contributed by atoms with Gasteiger partial charge >= 0.3 is 0 Å². The largest absolute Gasteiger partial charge is 0.373 e. The van der Waals surface area contributed by atoms with Gasteiger partial charge < -0.3 is 5.32 Å². The van der Waals surface area contributed by atoms with Crippen molar-refractivity contribution in [1.82, 2.24) is 5.32 Å². The SMILES string of the molecule is CN=Cc1cc(/C=C(\SC=O)C(=NC)NC)ccc1C. The van der Waals surface area contributed by atoms with Crippen LogP contribution in [-0.2, 0) is 4.79 Å². The Kier molecular flexibility index (Phi) is 6.73. The second-order valence-electron chi connectivity index (χ2n) is 4.05. The zero-order valence-corrected chi connectivity index (χ0v) is 13.0. The smallest absolute Gasteiger partial charge is 0.181 e. The van der Waals surface area contributed by atoms with Gasteiger partial charge in [0, 0.05) is 27.4 Å². The molecule has 0 radical (unpaired) electrons. The van der Waals surface area contributed by atoms with E-state index in [9.17, 15) is 4.79 Å². The highest BCUT2D eigenvalue weighted by atomic mass is 32.2. The van der Waals surface area contributed by atoms with E-state index in [0.717, 1.165) is 39.0 Å². The number of aliphatic imine (C=N–C) groups is 2. The first-order chi connectivity index (χ1) is 9.65. The van der Waals surface area contributed by atoms with Gasteiger partial charge in [-0.15, -0.1) is 0 Å². The molecule has 4 nitrogen and oxygen atoms in total. The summed E-state index contributed by atoms with van der Waals surface area (Å²) in [6, 6.07) is 6.08. The number of benzene rings is 1. The zero-order chi connectivity index (χ0) is 15.0. The van der Waals surface area contributed by atoms with Crippen LogP contribution in [-0.4, -0.2) is 38.8 Å². The fraction of sp³-hybridized carbons (Fsp3) is 0.267. The molecule has 106 valence electrons. The molecule has 0 saturated heterocycles. The number of aryl methyl sites for hydroxylation is 1. The Morgan fingerprint density at radius 1 is 1.35 bits per heavy atom. The molecule has 0 amide bonds. The van der Waals surface area contributed by atoms with Gasteiger partial charge in [-0.3, -0.25) is 14.8 Å². The quantitative estimate of drug-likeness (QED) is 0.515. The molecular formula is C15H19N3OS. The number of nitrogens with zero attached hydrogens (tertiary/aromatic N) is 2. The van der Waals surface area contributed by atoms with E-state index in [-0.39, 0.29) is 0 Å². The Morgan fingerprint density at radius 3 is 2.65 bits per heavy atom. The van der Waals surface area contributed by atoms with Crippen molar-refractivity contribution in [3.63, 3.8) is 0 Å². The molecule has 1 N–H and O–H groups in total. The maximum atomic E-state index is 10.8. The number of amidine groups is 1. The van der Waals surface area contributed by atoms with Crippen LogP contribution in [0, 0.1) is 6.92 Å². The average molecular weight is 289 g/mol. The molecule has 5 heteroatoms. The summed E-state index contributed by atoms with van der Waals surface area (Å²) < 4.78 is 0. The van der Waals surface area contributed by atoms with Crippen LogP contribution in [0.1, 0.15) is 16.7 Å². The first-order valence-corrected chi connectivity index (χ1v) is 7.04. The molecule has 1 aromatic rings. The lowest BCUT2D eigenvalue weighted by atomic mass is 10.1. The van der Waals surface area contributed by atoms with Gasteiger partial charge in [0.1, 0.15) is 5.84 Å². The highest BCUT2D eigenvalue weighted by molar-refractivity contribution is 8.16. The molecule has 1 aromatic carbocycles. The van der Waals surface area contributed by atoms with Crippen LogP contribution in [0.25, 0.3) is 6.08 Å². The van der Waals surface area contributed by atoms with E-state index >= 15 is 0 Å². The van der Waals surface area contributed by atoms with Crippen LogP contribution in [0.5, 0.6) is 0 Å². The van der Waals surface area contributed by atoms with Crippen LogP contribution in [0.15, 0.2) is 33.1 Å². The van der Waals surface area contributed by atoms with Gasteiger partial charge in [0.05, 0.1) is 4.91 Å². The molecule has 20 heavy (non-hydrogen) atoms. The van der Waals surface area contributed by atoms with E-state index in [1.807, 2.05) is 37.4 Å². The maximum absolute atomic E-state index is 10.8. The predicted octanol–water partition coefficient (Wildman–Crippen LogP) is 2.56. The third kappa shape index (κ3) is 4.35. The number of carbonyl (C=O) groups excluding carboxylic acids is 1. The minimum Gasteiger partial charge on any atom is -0.373 e. The van der Waals surface area contributed by atoms with Crippen molar-refractivity contribution in [2.24, 2.45) is 9.98 Å². The van der Waals surface area contributed by atoms with Crippen LogP contribution < -0.4 is 5.32 Å². The second kappa shape index (κ2) is 8.32. The number of thioether (sulfide) groups is 1. The summed E-state index contributed by atoms with van der Waals surface area (Å²) in [5.74, 6) is 0.688. The normalized spacial score (nSPS) is 12.8. The lowest BCUT2D eigenvalue weighted by Crippen LogP contribution is -2.19. The highest BCUT2D eigenvalue weighted by Gasteiger charge is 2.06. The molecule has 0 aliphatic rings. The Morgan fingerprint density at radius 2 is 2.10 bits per heavy atom. The van der Waals surface area contributed by atoms with E-state index in [0.29, 0.717) is 5.84 Å². The Labute approximate surface area is 124 Å². The fourth-order valence-corrected chi connectivity index (χ4v) is 2.35. The van der Waals surface area contributed by atoms with E-state index in [1.54, 1.807) is 21.1 Å². The molecule has 1 rings (SSSR count). The average Bonchev–Trinajstić information content (AvgIpc) is 2.44. The molecule has 0 spiro atoms. The number of hydrogen-bond acceptors (Lipinski definition) is 4. The van der Waals surface area contributed by atoms with Crippen LogP contribution in [0.3, 0.4) is 0 Å². The monoisotopic (exact) mass is 289 g/mol. The molecule has 0 heterocycles. The molecular weight excluding hydrogens is 270 g/mol. The van der Waals surface area contributed by atoms with E-state index in [1.165, 1.54) is 0 Å². The molecule has 0 aliphatic carbocycles. The van der Waals surface area contributed by atoms with Gasteiger partial charge in [0.2, 0.25) is 0 Å². The number of carbonyl (C=O) groups is 1. The molecule has 0 unspecified atom stereocenters. The molecule has 0 saturated carbocycles. The van der Waals surface area contributed by atoms with Gasteiger partial charge in [-0.05, 0) is 35.8 Å². The summed E-state index contributed by atoms with van der Waals surface area (Å²) in [5.41, 5.74) is 4.04. The summed E-state index contributed by atoms with van der Waals surface area (Å²) in [5, 5.41) is 2.98.